The van der Waals surface area contributed by atoms with Gasteiger partial charge in [0.2, 0.25) is 5.91 Å². The molecule has 3 N–H and O–H groups in total. The van der Waals surface area contributed by atoms with E-state index in [0.717, 1.165) is 12.8 Å². The Kier molecular flexibility index (Phi) is 4.74. The highest BCUT2D eigenvalue weighted by Gasteiger charge is 2.28. The third-order valence-corrected chi connectivity index (χ3v) is 2.93. The zero-order chi connectivity index (χ0) is 14.6. The molecular formula is C12H21N3O4. The Balaban J connectivity index is 2.31. The summed E-state index contributed by atoms with van der Waals surface area (Å²) in [7, 11) is 1.50. The van der Waals surface area contributed by atoms with Gasteiger partial charge in [-0.2, -0.15) is 0 Å². The molecule has 1 rings (SSSR count). The first-order chi connectivity index (χ1) is 8.72. The number of rotatable bonds is 6. The second-order valence-electron chi connectivity index (χ2n) is 5.55. The van der Waals surface area contributed by atoms with E-state index in [9.17, 15) is 14.4 Å². The van der Waals surface area contributed by atoms with Crippen molar-refractivity contribution in [3.63, 3.8) is 0 Å². The first kappa shape index (κ1) is 15.3. The van der Waals surface area contributed by atoms with E-state index in [1.807, 2.05) is 0 Å². The van der Waals surface area contributed by atoms with Gasteiger partial charge in [0, 0.05) is 19.6 Å². The van der Waals surface area contributed by atoms with Crippen LogP contribution in [0.15, 0.2) is 0 Å². The molecule has 7 nitrogen and oxygen atoms in total. The van der Waals surface area contributed by atoms with E-state index < -0.39 is 17.4 Å². The maximum atomic E-state index is 11.7. The summed E-state index contributed by atoms with van der Waals surface area (Å²) in [6, 6.07) is -0.199. The molecular weight excluding hydrogens is 250 g/mol. The van der Waals surface area contributed by atoms with Crippen LogP contribution in [0.25, 0.3) is 0 Å². The third kappa shape index (κ3) is 5.15. The van der Waals surface area contributed by atoms with E-state index in [0.29, 0.717) is 0 Å². The molecule has 0 aliphatic heterocycles. The quantitative estimate of drug-likeness (QED) is 0.634. The molecule has 0 atom stereocenters. The molecule has 0 radical (unpaired) electrons. The largest absolute Gasteiger partial charge is 0.481 e. The van der Waals surface area contributed by atoms with Crippen molar-refractivity contribution in [2.45, 2.75) is 32.7 Å². The van der Waals surface area contributed by atoms with Crippen molar-refractivity contribution in [1.29, 1.82) is 0 Å². The maximum absolute atomic E-state index is 11.7. The second kappa shape index (κ2) is 5.90. The van der Waals surface area contributed by atoms with Crippen LogP contribution < -0.4 is 10.6 Å². The number of likely N-dealkylation sites (N-methyl/N-ethyl adjacent to an activating group) is 1. The average Bonchev–Trinajstić information content (AvgIpc) is 3.09. The molecule has 1 saturated carbocycles. The number of nitrogens with one attached hydrogen (secondary N) is 2. The molecule has 0 heterocycles. The van der Waals surface area contributed by atoms with Crippen molar-refractivity contribution in [3.05, 3.63) is 0 Å². The Morgan fingerprint density at radius 3 is 2.37 bits per heavy atom. The number of amides is 3. The topological polar surface area (TPSA) is 98.7 Å². The maximum Gasteiger partial charge on any atom is 0.317 e. The summed E-state index contributed by atoms with van der Waals surface area (Å²) < 4.78 is 0. The SMILES string of the molecule is CN(CC(=O)NC1CC1)C(=O)NCC(C)(C)C(=O)O. The highest BCUT2D eigenvalue weighted by Crippen LogP contribution is 2.18. The summed E-state index contributed by atoms with van der Waals surface area (Å²) in [5.41, 5.74) is -1.03. The lowest BCUT2D eigenvalue weighted by Crippen LogP contribution is -2.47. The number of hydrogen-bond acceptors (Lipinski definition) is 3. The smallest absolute Gasteiger partial charge is 0.317 e. The van der Waals surface area contributed by atoms with Crippen LogP contribution in [0.4, 0.5) is 4.79 Å². The van der Waals surface area contributed by atoms with Crippen molar-refractivity contribution >= 4 is 17.9 Å². The number of carbonyl (C=O) groups excluding carboxylic acids is 2. The minimum Gasteiger partial charge on any atom is -0.481 e. The zero-order valence-corrected chi connectivity index (χ0v) is 11.5. The lowest BCUT2D eigenvalue weighted by Gasteiger charge is -2.22. The molecule has 0 bridgehead atoms. The second-order valence-corrected chi connectivity index (χ2v) is 5.55. The van der Waals surface area contributed by atoms with Gasteiger partial charge in [-0.15, -0.1) is 0 Å². The molecule has 0 aromatic carbocycles. The molecule has 1 aliphatic rings. The average molecular weight is 271 g/mol. The van der Waals surface area contributed by atoms with E-state index in [1.54, 1.807) is 0 Å². The van der Waals surface area contributed by atoms with E-state index in [1.165, 1.54) is 25.8 Å². The fourth-order valence-electron chi connectivity index (χ4n) is 1.30. The van der Waals surface area contributed by atoms with Crippen molar-refractivity contribution in [2.24, 2.45) is 5.41 Å². The monoisotopic (exact) mass is 271 g/mol. The van der Waals surface area contributed by atoms with Crippen LogP contribution in [0.2, 0.25) is 0 Å². The summed E-state index contributed by atoms with van der Waals surface area (Å²) in [6.45, 7) is 3.02. The lowest BCUT2D eigenvalue weighted by molar-refractivity contribution is -0.146. The van der Waals surface area contributed by atoms with Crippen LogP contribution in [0, 0.1) is 5.41 Å². The lowest BCUT2D eigenvalue weighted by atomic mass is 9.94. The van der Waals surface area contributed by atoms with E-state index in [2.05, 4.69) is 10.6 Å². The molecule has 0 saturated heterocycles. The molecule has 19 heavy (non-hydrogen) atoms. The first-order valence-corrected chi connectivity index (χ1v) is 6.24. The van der Waals surface area contributed by atoms with E-state index >= 15 is 0 Å². The van der Waals surface area contributed by atoms with Crippen LogP contribution in [-0.2, 0) is 9.59 Å². The fraction of sp³-hybridized carbons (Fsp3) is 0.750. The minimum absolute atomic E-state index is 0.00967. The molecule has 3 amide bonds. The summed E-state index contributed by atoms with van der Waals surface area (Å²) in [4.78, 5) is 35.3. The molecule has 0 unspecified atom stereocenters. The summed E-state index contributed by atoms with van der Waals surface area (Å²) in [5, 5.41) is 14.2. The van der Waals surface area contributed by atoms with Crippen LogP contribution in [0.3, 0.4) is 0 Å². The molecule has 0 aromatic rings. The highest BCUT2D eigenvalue weighted by molar-refractivity contribution is 5.84. The Morgan fingerprint density at radius 2 is 1.89 bits per heavy atom. The van der Waals surface area contributed by atoms with Gasteiger partial charge in [-0.1, -0.05) is 0 Å². The van der Waals surface area contributed by atoms with Gasteiger partial charge < -0.3 is 20.6 Å². The van der Waals surface area contributed by atoms with Gasteiger partial charge in [-0.05, 0) is 26.7 Å². The van der Waals surface area contributed by atoms with Crippen LogP contribution in [0.1, 0.15) is 26.7 Å². The first-order valence-electron chi connectivity index (χ1n) is 6.24. The number of carbonyl (C=O) groups is 3. The van der Waals surface area contributed by atoms with E-state index in [-0.39, 0.29) is 25.0 Å². The van der Waals surface area contributed by atoms with Crippen molar-refractivity contribution in [2.75, 3.05) is 20.1 Å². The molecule has 0 spiro atoms. The molecule has 1 fully saturated rings. The van der Waals surface area contributed by atoms with Crippen molar-refractivity contribution in [3.8, 4) is 0 Å². The van der Waals surface area contributed by atoms with Crippen molar-refractivity contribution < 1.29 is 19.5 Å². The minimum atomic E-state index is -1.03. The van der Waals surface area contributed by atoms with Gasteiger partial charge in [-0.25, -0.2) is 4.79 Å². The van der Waals surface area contributed by atoms with Gasteiger partial charge in [0.15, 0.2) is 0 Å². The Hall–Kier alpha value is -1.79. The van der Waals surface area contributed by atoms with E-state index in [4.69, 9.17) is 5.11 Å². The highest BCUT2D eigenvalue weighted by atomic mass is 16.4. The number of hydrogen-bond donors (Lipinski definition) is 3. The van der Waals surface area contributed by atoms with Crippen LogP contribution in [0.5, 0.6) is 0 Å². The fourth-order valence-corrected chi connectivity index (χ4v) is 1.30. The molecule has 1 aliphatic carbocycles. The number of urea groups is 1. The summed E-state index contributed by atoms with van der Waals surface area (Å²) >= 11 is 0. The zero-order valence-electron chi connectivity index (χ0n) is 11.5. The van der Waals surface area contributed by atoms with Gasteiger partial charge in [0.25, 0.3) is 0 Å². The summed E-state index contributed by atoms with van der Waals surface area (Å²) in [5.74, 6) is -1.18. The predicted octanol–water partition coefficient (Wildman–Crippen LogP) is 0.0172. The number of carboxylic acids is 1. The normalized spacial score (nSPS) is 14.7. The van der Waals surface area contributed by atoms with Crippen molar-refractivity contribution in [1.82, 2.24) is 15.5 Å². The number of carboxylic acid groups (broad SMARTS) is 1. The van der Waals surface area contributed by atoms with Gasteiger partial charge in [-0.3, -0.25) is 9.59 Å². The van der Waals surface area contributed by atoms with Crippen LogP contribution in [-0.4, -0.2) is 54.1 Å². The summed E-state index contributed by atoms with van der Waals surface area (Å²) in [6.07, 6.45) is 1.99. The van der Waals surface area contributed by atoms with Gasteiger partial charge >= 0.3 is 12.0 Å². The molecule has 0 aromatic heterocycles. The van der Waals surface area contributed by atoms with Crippen LogP contribution >= 0.6 is 0 Å². The molecule has 7 heteroatoms. The Labute approximate surface area is 112 Å². The Morgan fingerprint density at radius 1 is 1.32 bits per heavy atom. The predicted molar refractivity (Wildman–Crippen MR) is 68.6 cm³/mol. The van der Waals surface area contributed by atoms with Gasteiger partial charge in [0.05, 0.1) is 5.41 Å². The van der Waals surface area contributed by atoms with Gasteiger partial charge in [0.1, 0.15) is 6.54 Å². The molecule has 108 valence electrons. The number of nitrogens with zero attached hydrogens (tertiary/aromatic N) is 1. The number of aliphatic carboxylic acids is 1. The standard InChI is InChI=1S/C12H21N3O4/c1-12(2,10(17)18)7-13-11(19)15(3)6-9(16)14-8-4-5-8/h8H,4-7H2,1-3H3,(H,13,19)(H,14,16)(H,17,18). The Bertz CT molecular complexity index is 377. The third-order valence-electron chi connectivity index (χ3n) is 2.93.